The first kappa shape index (κ1) is 17.9. The van der Waals surface area contributed by atoms with Crippen molar-refractivity contribution in [3.63, 3.8) is 0 Å². The second-order valence-corrected chi connectivity index (χ2v) is 6.83. The second-order valence-electron chi connectivity index (χ2n) is 5.60. The average molecular weight is 377 g/mol. The minimum absolute atomic E-state index is 0.0459. The third-order valence-electron chi connectivity index (χ3n) is 2.65. The minimum atomic E-state index is -2.34. The lowest BCUT2D eigenvalue weighted by molar-refractivity contribution is -0.155. The van der Waals surface area contributed by atoms with Gasteiger partial charge >= 0.3 is 5.97 Å². The molecule has 6 heteroatoms. The van der Waals surface area contributed by atoms with Gasteiger partial charge in [-0.25, -0.2) is 4.39 Å². The fourth-order valence-electron chi connectivity index (χ4n) is 1.73. The number of esters is 1. The van der Waals surface area contributed by atoms with Crippen LogP contribution in [0.3, 0.4) is 0 Å². The van der Waals surface area contributed by atoms with Gasteiger partial charge in [0.25, 0.3) is 0 Å². The fraction of sp³-hybridized carbons (Fsp3) is 0.467. The van der Waals surface area contributed by atoms with Gasteiger partial charge in [0.15, 0.2) is 0 Å². The summed E-state index contributed by atoms with van der Waals surface area (Å²) in [5.74, 6) is -0.550. The van der Waals surface area contributed by atoms with Crippen molar-refractivity contribution in [2.45, 2.75) is 44.9 Å². The van der Waals surface area contributed by atoms with Crippen LogP contribution in [0.5, 0.6) is 0 Å². The molecule has 0 aliphatic carbocycles. The van der Waals surface area contributed by atoms with E-state index in [1.165, 1.54) is 6.07 Å². The number of hydrogen-bond donors (Lipinski definition) is 0. The van der Waals surface area contributed by atoms with Crippen LogP contribution in [0.15, 0.2) is 22.7 Å². The Morgan fingerprint density at radius 1 is 1.48 bits per heavy atom. The number of nitriles is 1. The highest BCUT2D eigenvalue weighted by atomic mass is 79.9. The van der Waals surface area contributed by atoms with Crippen LogP contribution >= 0.6 is 27.5 Å². The lowest BCUT2D eigenvalue weighted by atomic mass is 9.92. The van der Waals surface area contributed by atoms with E-state index in [9.17, 15) is 9.18 Å². The van der Waals surface area contributed by atoms with Crippen molar-refractivity contribution in [2.75, 3.05) is 0 Å². The molecule has 1 aromatic rings. The van der Waals surface area contributed by atoms with Crippen molar-refractivity contribution in [3.8, 4) is 6.07 Å². The van der Waals surface area contributed by atoms with Gasteiger partial charge in [-0.15, -0.1) is 0 Å². The van der Waals surface area contributed by atoms with Crippen LogP contribution < -0.4 is 0 Å². The van der Waals surface area contributed by atoms with Crippen LogP contribution in [0, 0.1) is 11.3 Å². The molecule has 0 saturated carbocycles. The number of nitrogens with zero attached hydrogens (tertiary/aromatic N) is 1. The second kappa shape index (κ2) is 6.76. The van der Waals surface area contributed by atoms with Crippen LogP contribution in [0.1, 0.15) is 39.2 Å². The van der Waals surface area contributed by atoms with E-state index in [2.05, 4.69) is 15.9 Å². The summed E-state index contributed by atoms with van der Waals surface area (Å²) in [5.41, 5.74) is -2.93. The van der Waals surface area contributed by atoms with Gasteiger partial charge in [-0.3, -0.25) is 4.79 Å². The zero-order valence-corrected chi connectivity index (χ0v) is 14.4. The molecule has 1 unspecified atom stereocenters. The van der Waals surface area contributed by atoms with Crippen molar-refractivity contribution in [3.05, 3.63) is 33.3 Å². The van der Waals surface area contributed by atoms with Gasteiger partial charge in [-0.05, 0) is 42.8 Å². The highest BCUT2D eigenvalue weighted by Crippen LogP contribution is 2.38. The van der Waals surface area contributed by atoms with Crippen molar-refractivity contribution in [2.24, 2.45) is 0 Å². The van der Waals surface area contributed by atoms with Crippen molar-refractivity contribution >= 4 is 33.5 Å². The van der Waals surface area contributed by atoms with E-state index in [1.807, 2.05) is 0 Å². The van der Waals surface area contributed by atoms with Gasteiger partial charge in [0.1, 0.15) is 11.7 Å². The van der Waals surface area contributed by atoms with Gasteiger partial charge in [0.05, 0.1) is 5.02 Å². The summed E-state index contributed by atoms with van der Waals surface area (Å²) in [6.07, 6.45) is -0.515. The Kier molecular flexibility index (Phi) is 5.77. The molecule has 0 spiro atoms. The molecule has 0 heterocycles. The summed E-state index contributed by atoms with van der Waals surface area (Å²) in [6.45, 7) is 5.18. The van der Waals surface area contributed by atoms with E-state index < -0.39 is 17.2 Å². The van der Waals surface area contributed by atoms with Crippen LogP contribution in [0.4, 0.5) is 4.39 Å². The Balaban J connectivity index is 2.90. The molecule has 0 amide bonds. The molecule has 0 aliphatic rings. The predicted octanol–water partition coefficient (Wildman–Crippen LogP) is 4.91. The largest absolute Gasteiger partial charge is 0.460 e. The van der Waals surface area contributed by atoms with E-state index in [0.29, 0.717) is 4.47 Å². The van der Waals surface area contributed by atoms with Crippen molar-refractivity contribution in [1.29, 1.82) is 5.26 Å². The molecule has 0 N–H and O–H groups in total. The van der Waals surface area contributed by atoms with Crippen molar-refractivity contribution < 1.29 is 13.9 Å². The molecule has 0 saturated heterocycles. The summed E-state index contributed by atoms with van der Waals surface area (Å²) in [6, 6.07) is 6.28. The molecule has 1 aromatic carbocycles. The maximum atomic E-state index is 14.8. The Hall–Kier alpha value is -1.12. The maximum Gasteiger partial charge on any atom is 0.306 e. The SMILES string of the molecule is CC(C)(C)OC(=O)CCC(F)(C#N)c1cccc(Br)c1Cl. The van der Waals surface area contributed by atoms with Crippen LogP contribution in [-0.2, 0) is 15.2 Å². The average Bonchev–Trinajstić information content (AvgIpc) is 2.37. The summed E-state index contributed by atoms with van der Waals surface area (Å²) in [5, 5.41) is 9.28. The molecule has 114 valence electrons. The minimum Gasteiger partial charge on any atom is -0.460 e. The number of halogens is 3. The Morgan fingerprint density at radius 2 is 2.10 bits per heavy atom. The third kappa shape index (κ3) is 4.98. The van der Waals surface area contributed by atoms with Crippen LogP contribution in [-0.4, -0.2) is 11.6 Å². The van der Waals surface area contributed by atoms with E-state index in [0.717, 1.165) is 0 Å². The van der Waals surface area contributed by atoms with E-state index in [1.54, 1.807) is 39.0 Å². The molecule has 1 atom stereocenters. The monoisotopic (exact) mass is 375 g/mol. The first-order valence-corrected chi connectivity index (χ1v) is 7.53. The summed E-state index contributed by atoms with van der Waals surface area (Å²) in [4.78, 5) is 11.7. The van der Waals surface area contributed by atoms with Gasteiger partial charge in [0.2, 0.25) is 5.67 Å². The van der Waals surface area contributed by atoms with Crippen molar-refractivity contribution in [1.82, 2.24) is 0 Å². The molecule has 0 aromatic heterocycles. The predicted molar refractivity (Wildman–Crippen MR) is 82.6 cm³/mol. The standard InChI is InChI=1S/C15H16BrClFNO2/c1-14(2,3)21-12(20)7-8-15(18,9-19)10-5-4-6-11(16)13(10)17/h4-6H,7-8H2,1-3H3. The smallest absolute Gasteiger partial charge is 0.306 e. The number of ether oxygens (including phenoxy) is 1. The van der Waals surface area contributed by atoms with Crippen LogP contribution in [0.2, 0.25) is 5.02 Å². The first-order chi connectivity index (χ1) is 9.59. The molecule has 3 nitrogen and oxygen atoms in total. The lowest BCUT2D eigenvalue weighted by Crippen LogP contribution is -2.26. The highest BCUT2D eigenvalue weighted by molar-refractivity contribution is 9.10. The number of alkyl halides is 1. The number of carbonyl (C=O) groups excluding carboxylic acids is 1. The lowest BCUT2D eigenvalue weighted by Gasteiger charge is -2.22. The molecule has 21 heavy (non-hydrogen) atoms. The van der Waals surface area contributed by atoms with Gasteiger partial charge in [-0.1, -0.05) is 23.7 Å². The van der Waals surface area contributed by atoms with Gasteiger partial charge in [-0.2, -0.15) is 5.26 Å². The topological polar surface area (TPSA) is 50.1 Å². The maximum absolute atomic E-state index is 14.8. The van der Waals surface area contributed by atoms with Gasteiger partial charge in [0, 0.05) is 22.9 Å². The zero-order valence-electron chi connectivity index (χ0n) is 12.0. The number of hydrogen-bond acceptors (Lipinski definition) is 3. The van der Waals surface area contributed by atoms with E-state index in [-0.39, 0.29) is 23.4 Å². The summed E-state index contributed by atoms with van der Waals surface area (Å²) >= 11 is 9.21. The third-order valence-corrected chi connectivity index (χ3v) is 3.95. The zero-order chi connectivity index (χ0) is 16.3. The van der Waals surface area contributed by atoms with E-state index in [4.69, 9.17) is 21.6 Å². The Labute approximate surface area is 137 Å². The number of rotatable bonds is 4. The fourth-order valence-corrected chi connectivity index (χ4v) is 2.37. The summed E-state index contributed by atoms with van der Waals surface area (Å²) in [7, 11) is 0. The number of benzene rings is 1. The quantitative estimate of drug-likeness (QED) is 0.701. The number of carbonyl (C=O) groups is 1. The normalized spacial score (nSPS) is 14.1. The molecule has 0 fully saturated rings. The summed E-state index contributed by atoms with van der Waals surface area (Å²) < 4.78 is 20.4. The van der Waals surface area contributed by atoms with Crippen LogP contribution in [0.25, 0.3) is 0 Å². The molecule has 1 rings (SSSR count). The molecular weight excluding hydrogens is 361 g/mol. The van der Waals surface area contributed by atoms with E-state index >= 15 is 0 Å². The first-order valence-electron chi connectivity index (χ1n) is 6.35. The Morgan fingerprint density at radius 3 is 2.62 bits per heavy atom. The highest BCUT2D eigenvalue weighted by Gasteiger charge is 2.35. The molecule has 0 aliphatic heterocycles. The Bertz CT molecular complexity index is 580. The molecule has 0 bridgehead atoms. The van der Waals surface area contributed by atoms with Gasteiger partial charge < -0.3 is 4.74 Å². The molecular formula is C15H16BrClFNO2. The molecule has 0 radical (unpaired) electrons.